The van der Waals surface area contributed by atoms with Crippen LogP contribution in [0, 0.1) is 5.41 Å². The molecule has 0 saturated carbocycles. The van der Waals surface area contributed by atoms with Crippen LogP contribution in [0.5, 0.6) is 0 Å². The summed E-state index contributed by atoms with van der Waals surface area (Å²) in [5.41, 5.74) is 8.79. The van der Waals surface area contributed by atoms with Crippen molar-refractivity contribution in [1.82, 2.24) is 19.3 Å². The second-order valence-corrected chi connectivity index (χ2v) is 9.20. The molecule has 1 unspecified atom stereocenters. The minimum atomic E-state index is -0.116. The van der Waals surface area contributed by atoms with E-state index in [2.05, 4.69) is 18.1 Å². The van der Waals surface area contributed by atoms with Crippen LogP contribution in [0.2, 0.25) is 0 Å². The molecule has 0 aromatic carbocycles. The van der Waals surface area contributed by atoms with E-state index in [1.54, 1.807) is 23.6 Å². The van der Waals surface area contributed by atoms with Gasteiger partial charge < -0.3 is 15.7 Å². The summed E-state index contributed by atoms with van der Waals surface area (Å²) in [4.78, 5) is 22.9. The average molecular weight is 452 g/mol. The van der Waals surface area contributed by atoms with Gasteiger partial charge in [0.1, 0.15) is 5.52 Å². The first-order chi connectivity index (χ1) is 15.5. The SMILES string of the molecule is CCC1CCC=CC(Cn2ncc3c4sc(CCCC(N)=CC=N)nc4n(C)c3c2=O)=N1. The van der Waals surface area contributed by atoms with Crippen LogP contribution in [-0.4, -0.2) is 37.3 Å². The zero-order valence-electron chi connectivity index (χ0n) is 18.5. The molecule has 3 aromatic rings. The molecule has 0 fully saturated rings. The fourth-order valence-corrected chi connectivity index (χ4v) is 5.23. The van der Waals surface area contributed by atoms with Gasteiger partial charge in [-0.2, -0.15) is 5.10 Å². The van der Waals surface area contributed by atoms with Gasteiger partial charge in [0.2, 0.25) is 0 Å². The second-order valence-electron chi connectivity index (χ2n) is 8.11. The summed E-state index contributed by atoms with van der Waals surface area (Å²) in [6.45, 7) is 2.53. The standard InChI is InChI=1S/C23H29N7OS/c1-3-16-8-4-5-9-17(27-16)14-30-23(31)20-18(13-26-30)21-22(29(20)2)28-19(32-21)10-6-7-15(25)11-12-24/h5,9,11-13,16,24H,3-4,6-8,10,14,25H2,1-2H3. The van der Waals surface area contributed by atoms with Crippen molar-refractivity contribution in [3.8, 4) is 0 Å². The summed E-state index contributed by atoms with van der Waals surface area (Å²) in [5.74, 6) is 0. The molecule has 4 heterocycles. The highest BCUT2D eigenvalue weighted by Crippen LogP contribution is 2.31. The Morgan fingerprint density at radius 1 is 1.44 bits per heavy atom. The van der Waals surface area contributed by atoms with Gasteiger partial charge in [0.25, 0.3) is 5.56 Å². The predicted molar refractivity (Wildman–Crippen MR) is 132 cm³/mol. The predicted octanol–water partition coefficient (Wildman–Crippen LogP) is 3.73. The van der Waals surface area contributed by atoms with Gasteiger partial charge in [-0.15, -0.1) is 11.3 Å². The number of allylic oxidation sites excluding steroid dienone is 4. The van der Waals surface area contributed by atoms with Gasteiger partial charge in [0.15, 0.2) is 5.65 Å². The topological polar surface area (TPSA) is 115 Å². The third kappa shape index (κ3) is 4.43. The molecule has 1 aliphatic rings. The molecular weight excluding hydrogens is 422 g/mol. The monoisotopic (exact) mass is 451 g/mol. The molecule has 8 nitrogen and oxygen atoms in total. The molecule has 3 N–H and O–H groups in total. The largest absolute Gasteiger partial charge is 0.402 e. The Balaban J connectivity index is 1.61. The number of aliphatic imine (C=N–C) groups is 1. The van der Waals surface area contributed by atoms with Crippen LogP contribution in [0.1, 0.15) is 44.0 Å². The third-order valence-corrected chi connectivity index (χ3v) is 6.97. The Bertz CT molecular complexity index is 1290. The van der Waals surface area contributed by atoms with E-state index in [1.165, 1.54) is 10.9 Å². The lowest BCUT2D eigenvalue weighted by molar-refractivity contribution is 0.603. The molecule has 4 rings (SSSR count). The lowest BCUT2D eigenvalue weighted by atomic mass is 10.1. The molecule has 0 radical (unpaired) electrons. The van der Waals surface area contributed by atoms with Gasteiger partial charge in [-0.05, 0) is 50.7 Å². The van der Waals surface area contributed by atoms with Gasteiger partial charge in [0, 0.05) is 24.3 Å². The Labute approximate surface area is 190 Å². The van der Waals surface area contributed by atoms with E-state index in [-0.39, 0.29) is 5.56 Å². The second kappa shape index (κ2) is 9.60. The Morgan fingerprint density at radius 3 is 3.06 bits per heavy atom. The van der Waals surface area contributed by atoms with Crippen LogP contribution in [0.25, 0.3) is 21.3 Å². The molecule has 32 heavy (non-hydrogen) atoms. The number of fused-ring (bicyclic) bond motifs is 3. The van der Waals surface area contributed by atoms with Crippen molar-refractivity contribution in [3.05, 3.63) is 45.5 Å². The van der Waals surface area contributed by atoms with Crippen molar-refractivity contribution in [2.45, 2.75) is 58.0 Å². The fourth-order valence-electron chi connectivity index (χ4n) is 4.08. The number of nitrogens with one attached hydrogen (secondary N) is 1. The molecule has 0 amide bonds. The number of aromatic nitrogens is 4. The van der Waals surface area contributed by atoms with Crippen molar-refractivity contribution in [2.24, 2.45) is 17.8 Å². The quantitative estimate of drug-likeness (QED) is 0.508. The smallest absolute Gasteiger partial charge is 0.291 e. The lowest BCUT2D eigenvalue weighted by Crippen LogP contribution is -2.27. The summed E-state index contributed by atoms with van der Waals surface area (Å²) in [6, 6.07) is 0.304. The number of nitrogens with zero attached hydrogens (tertiary/aromatic N) is 5. The van der Waals surface area contributed by atoms with Gasteiger partial charge in [-0.3, -0.25) is 9.79 Å². The maximum absolute atomic E-state index is 13.3. The van der Waals surface area contributed by atoms with Gasteiger partial charge in [0.05, 0.1) is 34.2 Å². The minimum Gasteiger partial charge on any atom is -0.402 e. The van der Waals surface area contributed by atoms with Gasteiger partial charge in [-0.25, -0.2) is 9.67 Å². The van der Waals surface area contributed by atoms with E-state index in [9.17, 15) is 4.79 Å². The molecule has 1 atom stereocenters. The summed E-state index contributed by atoms with van der Waals surface area (Å²) in [5, 5.41) is 13.4. The number of hydrogen-bond donors (Lipinski definition) is 2. The van der Waals surface area contributed by atoms with E-state index < -0.39 is 0 Å². The molecule has 0 bridgehead atoms. The molecule has 0 aliphatic carbocycles. The van der Waals surface area contributed by atoms with Crippen LogP contribution < -0.4 is 11.3 Å². The number of nitrogens with two attached hydrogens (primary N) is 1. The highest BCUT2D eigenvalue weighted by atomic mass is 32.1. The van der Waals surface area contributed by atoms with Crippen LogP contribution in [0.15, 0.2) is 39.9 Å². The number of rotatable bonds is 8. The van der Waals surface area contributed by atoms with E-state index in [1.807, 2.05) is 17.7 Å². The van der Waals surface area contributed by atoms with E-state index in [4.69, 9.17) is 21.1 Å². The summed E-state index contributed by atoms with van der Waals surface area (Å²) < 4.78 is 4.38. The van der Waals surface area contributed by atoms with Crippen LogP contribution in [0.3, 0.4) is 0 Å². The van der Waals surface area contributed by atoms with Crippen molar-refractivity contribution in [3.63, 3.8) is 0 Å². The molecule has 9 heteroatoms. The Morgan fingerprint density at radius 2 is 2.28 bits per heavy atom. The van der Waals surface area contributed by atoms with Crippen LogP contribution >= 0.6 is 11.3 Å². The first kappa shape index (κ1) is 22.1. The Kier molecular flexibility index (Phi) is 6.64. The highest BCUT2D eigenvalue weighted by molar-refractivity contribution is 7.19. The van der Waals surface area contributed by atoms with Crippen LogP contribution in [0.4, 0.5) is 0 Å². The average Bonchev–Trinajstić information content (AvgIpc) is 3.20. The highest BCUT2D eigenvalue weighted by Gasteiger charge is 2.19. The maximum Gasteiger partial charge on any atom is 0.291 e. The van der Waals surface area contributed by atoms with E-state index in [0.717, 1.165) is 65.0 Å². The summed E-state index contributed by atoms with van der Waals surface area (Å²) >= 11 is 1.61. The Hall–Kier alpha value is -3.07. The van der Waals surface area contributed by atoms with E-state index in [0.29, 0.717) is 23.8 Å². The lowest BCUT2D eigenvalue weighted by Gasteiger charge is -2.09. The fraction of sp³-hybridized carbons (Fsp3) is 0.435. The van der Waals surface area contributed by atoms with Crippen molar-refractivity contribution < 1.29 is 0 Å². The number of aryl methyl sites for hydroxylation is 2. The van der Waals surface area contributed by atoms with Crippen molar-refractivity contribution >= 4 is 44.5 Å². The first-order valence-electron chi connectivity index (χ1n) is 11.0. The molecule has 168 valence electrons. The van der Waals surface area contributed by atoms with Crippen molar-refractivity contribution in [1.29, 1.82) is 5.41 Å². The van der Waals surface area contributed by atoms with Gasteiger partial charge >= 0.3 is 0 Å². The molecular formula is C23H29N7OS. The van der Waals surface area contributed by atoms with Crippen molar-refractivity contribution in [2.75, 3.05) is 0 Å². The molecule has 1 aliphatic heterocycles. The normalized spacial score (nSPS) is 17.1. The first-order valence-corrected chi connectivity index (χ1v) is 11.9. The number of hydrogen-bond acceptors (Lipinski definition) is 7. The third-order valence-electron chi connectivity index (χ3n) is 5.83. The molecule has 0 saturated heterocycles. The summed E-state index contributed by atoms with van der Waals surface area (Å²) in [6.07, 6.45) is 14.2. The maximum atomic E-state index is 13.3. The number of thiazole rings is 1. The molecule has 0 spiro atoms. The zero-order chi connectivity index (χ0) is 22.7. The van der Waals surface area contributed by atoms with E-state index >= 15 is 0 Å². The van der Waals surface area contributed by atoms with Gasteiger partial charge in [-0.1, -0.05) is 13.0 Å². The summed E-state index contributed by atoms with van der Waals surface area (Å²) in [7, 11) is 1.89. The molecule has 3 aromatic heterocycles. The van der Waals surface area contributed by atoms with Crippen LogP contribution in [-0.2, 0) is 20.0 Å². The zero-order valence-corrected chi connectivity index (χ0v) is 19.4. The minimum absolute atomic E-state index is 0.116.